The van der Waals surface area contributed by atoms with Gasteiger partial charge >= 0.3 is 0 Å². The molecule has 0 radical (unpaired) electrons. The van der Waals surface area contributed by atoms with E-state index in [0.29, 0.717) is 29.4 Å². The highest BCUT2D eigenvalue weighted by atomic mass is 19.1. The van der Waals surface area contributed by atoms with Crippen LogP contribution < -0.4 is 10.1 Å². The largest absolute Gasteiger partial charge is 0.457 e. The van der Waals surface area contributed by atoms with E-state index < -0.39 is 0 Å². The van der Waals surface area contributed by atoms with E-state index in [4.69, 9.17) is 4.74 Å². The van der Waals surface area contributed by atoms with Gasteiger partial charge in [-0.25, -0.2) is 9.37 Å². The number of halogens is 1. The third-order valence-corrected chi connectivity index (χ3v) is 4.03. The van der Waals surface area contributed by atoms with Crippen LogP contribution >= 0.6 is 0 Å². The van der Waals surface area contributed by atoms with Gasteiger partial charge in [0.2, 0.25) is 0 Å². The fraction of sp³-hybridized carbons (Fsp3) is 0.182. The van der Waals surface area contributed by atoms with Crippen molar-refractivity contribution in [3.63, 3.8) is 0 Å². The summed E-state index contributed by atoms with van der Waals surface area (Å²) < 4.78 is 18.7. The Morgan fingerprint density at radius 2 is 1.64 bits per heavy atom. The van der Waals surface area contributed by atoms with E-state index in [1.807, 2.05) is 55.4 Å². The summed E-state index contributed by atoms with van der Waals surface area (Å²) in [5.74, 6) is 0.691. The molecule has 0 unspecified atom stereocenters. The van der Waals surface area contributed by atoms with E-state index in [2.05, 4.69) is 10.3 Å². The zero-order chi connectivity index (χ0) is 19.9. The molecular formula is C22H22FN3O2. The second kappa shape index (κ2) is 9.10. The molecule has 144 valence electrons. The summed E-state index contributed by atoms with van der Waals surface area (Å²) in [6.07, 6.45) is 0. The van der Waals surface area contributed by atoms with Gasteiger partial charge in [0.1, 0.15) is 23.0 Å². The number of nitrogens with one attached hydrogen (secondary N) is 1. The number of pyridine rings is 1. The van der Waals surface area contributed by atoms with Crippen LogP contribution in [0.15, 0.2) is 66.7 Å². The zero-order valence-corrected chi connectivity index (χ0v) is 15.9. The Kier molecular flexibility index (Phi) is 6.34. The highest BCUT2D eigenvalue weighted by Gasteiger charge is 2.09. The lowest BCUT2D eigenvalue weighted by Gasteiger charge is -2.11. The summed E-state index contributed by atoms with van der Waals surface area (Å²) in [6, 6.07) is 18.6. The molecule has 0 atom stereocenters. The third-order valence-electron chi connectivity index (χ3n) is 4.03. The van der Waals surface area contributed by atoms with E-state index in [0.717, 1.165) is 12.1 Å². The molecule has 0 aliphatic heterocycles. The second-order valence-corrected chi connectivity index (χ2v) is 6.55. The maximum Gasteiger partial charge on any atom is 0.269 e. The number of likely N-dealkylation sites (N-methyl/N-ethyl adjacent to an activating group) is 1. The standard InChI is InChI=1S/C22H22FN3O2/c1-26(2)15-14-24-22(27)21-5-3-4-20(25-21)16-6-10-18(11-7-16)28-19-12-8-17(23)9-13-19/h3-13H,14-15H2,1-2H3,(H,24,27). The number of amides is 1. The minimum absolute atomic E-state index is 0.194. The van der Waals surface area contributed by atoms with Gasteiger partial charge in [-0.15, -0.1) is 0 Å². The van der Waals surface area contributed by atoms with Gasteiger partial charge in [-0.2, -0.15) is 0 Å². The summed E-state index contributed by atoms with van der Waals surface area (Å²) >= 11 is 0. The Labute approximate surface area is 163 Å². The smallest absolute Gasteiger partial charge is 0.269 e. The Balaban J connectivity index is 1.68. The van der Waals surface area contributed by atoms with Crippen molar-refractivity contribution in [2.24, 2.45) is 0 Å². The number of carbonyl (C=O) groups excluding carboxylic acids is 1. The van der Waals surface area contributed by atoms with E-state index in [-0.39, 0.29) is 11.7 Å². The molecule has 2 aromatic carbocycles. The predicted octanol–water partition coefficient (Wildman–Crippen LogP) is 3.97. The molecule has 3 rings (SSSR count). The van der Waals surface area contributed by atoms with Gasteiger partial charge in [-0.1, -0.05) is 6.07 Å². The highest BCUT2D eigenvalue weighted by Crippen LogP contribution is 2.25. The van der Waals surface area contributed by atoms with Crippen LogP contribution in [-0.2, 0) is 0 Å². The number of carbonyl (C=O) groups is 1. The molecule has 5 nitrogen and oxygen atoms in total. The van der Waals surface area contributed by atoms with E-state index in [1.54, 1.807) is 18.2 Å². The number of hydrogen-bond donors (Lipinski definition) is 1. The molecule has 6 heteroatoms. The monoisotopic (exact) mass is 379 g/mol. The third kappa shape index (κ3) is 5.37. The van der Waals surface area contributed by atoms with Crippen molar-refractivity contribution in [1.82, 2.24) is 15.2 Å². The van der Waals surface area contributed by atoms with Crippen LogP contribution in [0, 0.1) is 5.82 Å². The van der Waals surface area contributed by atoms with Crippen molar-refractivity contribution >= 4 is 5.91 Å². The van der Waals surface area contributed by atoms with E-state index >= 15 is 0 Å². The minimum atomic E-state index is -0.306. The summed E-state index contributed by atoms with van der Waals surface area (Å²) in [6.45, 7) is 1.33. The lowest BCUT2D eigenvalue weighted by molar-refractivity contribution is 0.0946. The summed E-state index contributed by atoms with van der Waals surface area (Å²) in [7, 11) is 3.91. The maximum absolute atomic E-state index is 13.0. The summed E-state index contributed by atoms with van der Waals surface area (Å²) in [4.78, 5) is 18.7. The average Bonchev–Trinajstić information content (AvgIpc) is 2.70. The molecule has 0 bridgehead atoms. The first-order valence-corrected chi connectivity index (χ1v) is 8.95. The fourth-order valence-electron chi connectivity index (χ4n) is 2.54. The predicted molar refractivity (Wildman–Crippen MR) is 107 cm³/mol. The number of ether oxygens (including phenoxy) is 1. The van der Waals surface area contributed by atoms with Gasteiger partial charge in [0.25, 0.3) is 5.91 Å². The van der Waals surface area contributed by atoms with Gasteiger partial charge in [0, 0.05) is 18.7 Å². The molecule has 0 saturated heterocycles. The Morgan fingerprint density at radius 1 is 1.00 bits per heavy atom. The van der Waals surface area contributed by atoms with Gasteiger partial charge in [0.15, 0.2) is 0 Å². The van der Waals surface area contributed by atoms with Crippen molar-refractivity contribution in [3.05, 3.63) is 78.2 Å². The van der Waals surface area contributed by atoms with Crippen LogP contribution in [0.25, 0.3) is 11.3 Å². The van der Waals surface area contributed by atoms with Gasteiger partial charge in [-0.3, -0.25) is 4.79 Å². The normalized spacial score (nSPS) is 10.7. The number of benzene rings is 2. The highest BCUT2D eigenvalue weighted by molar-refractivity contribution is 5.92. The molecule has 0 saturated carbocycles. The fourth-order valence-corrected chi connectivity index (χ4v) is 2.54. The second-order valence-electron chi connectivity index (χ2n) is 6.55. The van der Waals surface area contributed by atoms with Gasteiger partial charge in [0.05, 0.1) is 5.69 Å². The maximum atomic E-state index is 13.0. The van der Waals surface area contributed by atoms with Crippen molar-refractivity contribution in [2.45, 2.75) is 0 Å². The van der Waals surface area contributed by atoms with Crippen LogP contribution in [0.1, 0.15) is 10.5 Å². The first kappa shape index (κ1) is 19.5. The Morgan fingerprint density at radius 3 is 2.29 bits per heavy atom. The van der Waals surface area contributed by atoms with Gasteiger partial charge in [-0.05, 0) is 74.8 Å². The van der Waals surface area contributed by atoms with Crippen molar-refractivity contribution in [1.29, 1.82) is 0 Å². The van der Waals surface area contributed by atoms with E-state index in [9.17, 15) is 9.18 Å². The van der Waals surface area contributed by atoms with Crippen molar-refractivity contribution in [3.8, 4) is 22.8 Å². The zero-order valence-electron chi connectivity index (χ0n) is 15.9. The number of aromatic nitrogens is 1. The van der Waals surface area contributed by atoms with Crippen LogP contribution in [-0.4, -0.2) is 43.0 Å². The van der Waals surface area contributed by atoms with Crippen LogP contribution in [0.3, 0.4) is 0 Å². The minimum Gasteiger partial charge on any atom is -0.457 e. The first-order valence-electron chi connectivity index (χ1n) is 8.95. The molecule has 1 heterocycles. The van der Waals surface area contributed by atoms with Crippen LogP contribution in [0.2, 0.25) is 0 Å². The average molecular weight is 379 g/mol. The Hall–Kier alpha value is -3.25. The quantitative estimate of drug-likeness (QED) is 0.675. The molecule has 0 fully saturated rings. The molecule has 1 aromatic heterocycles. The molecule has 0 aliphatic rings. The summed E-state index contributed by atoms with van der Waals surface area (Å²) in [5, 5.41) is 2.86. The number of nitrogens with zero attached hydrogens (tertiary/aromatic N) is 2. The molecule has 28 heavy (non-hydrogen) atoms. The molecule has 0 spiro atoms. The van der Waals surface area contributed by atoms with E-state index in [1.165, 1.54) is 12.1 Å². The molecule has 1 amide bonds. The number of hydrogen-bond acceptors (Lipinski definition) is 4. The summed E-state index contributed by atoms with van der Waals surface area (Å²) in [5.41, 5.74) is 1.95. The first-order chi connectivity index (χ1) is 13.5. The SMILES string of the molecule is CN(C)CCNC(=O)c1cccc(-c2ccc(Oc3ccc(F)cc3)cc2)n1. The number of rotatable bonds is 7. The molecule has 3 aromatic rings. The van der Waals surface area contributed by atoms with Crippen LogP contribution in [0.4, 0.5) is 4.39 Å². The lowest BCUT2D eigenvalue weighted by atomic mass is 10.1. The Bertz CT molecular complexity index is 925. The molecule has 0 aliphatic carbocycles. The topological polar surface area (TPSA) is 54.5 Å². The van der Waals surface area contributed by atoms with Crippen molar-refractivity contribution < 1.29 is 13.9 Å². The molecular weight excluding hydrogens is 357 g/mol. The lowest BCUT2D eigenvalue weighted by Crippen LogP contribution is -2.31. The van der Waals surface area contributed by atoms with Crippen molar-refractivity contribution in [2.75, 3.05) is 27.2 Å². The van der Waals surface area contributed by atoms with Crippen LogP contribution in [0.5, 0.6) is 11.5 Å². The molecule has 1 N–H and O–H groups in total. The van der Waals surface area contributed by atoms with Gasteiger partial charge < -0.3 is 15.0 Å².